The molecule has 15 heavy (non-hydrogen) atoms. The zero-order valence-corrected chi connectivity index (χ0v) is 7.97. The SMILES string of the molecule is C=C(C(=O)O)C1COc2ccccc2O1. The third-order valence-electron chi connectivity index (χ3n) is 2.17. The van der Waals surface area contributed by atoms with Crippen LogP contribution >= 0.6 is 0 Å². The quantitative estimate of drug-likeness (QED) is 0.744. The highest BCUT2D eigenvalue weighted by Crippen LogP contribution is 2.32. The summed E-state index contributed by atoms with van der Waals surface area (Å²) < 4.78 is 10.8. The van der Waals surface area contributed by atoms with Crippen molar-refractivity contribution in [3.63, 3.8) is 0 Å². The van der Waals surface area contributed by atoms with Gasteiger partial charge in [0, 0.05) is 0 Å². The molecular weight excluding hydrogens is 196 g/mol. The van der Waals surface area contributed by atoms with Gasteiger partial charge < -0.3 is 14.6 Å². The van der Waals surface area contributed by atoms with Gasteiger partial charge in [-0.1, -0.05) is 18.7 Å². The summed E-state index contributed by atoms with van der Waals surface area (Å²) in [7, 11) is 0. The molecule has 0 bridgehead atoms. The highest BCUT2D eigenvalue weighted by Gasteiger charge is 2.26. The Kier molecular flexibility index (Phi) is 2.33. The standard InChI is InChI=1S/C11H10O4/c1-7(11(12)13)10-6-14-8-4-2-3-5-9(8)15-10/h2-5,10H,1,6H2,(H,12,13). The van der Waals surface area contributed by atoms with E-state index in [1.165, 1.54) is 0 Å². The first-order valence-electron chi connectivity index (χ1n) is 4.49. The smallest absolute Gasteiger partial charge is 0.334 e. The number of hydrogen-bond acceptors (Lipinski definition) is 3. The van der Waals surface area contributed by atoms with Crippen molar-refractivity contribution in [1.82, 2.24) is 0 Å². The van der Waals surface area contributed by atoms with Crippen molar-refractivity contribution < 1.29 is 19.4 Å². The van der Waals surface area contributed by atoms with Crippen LogP contribution < -0.4 is 9.47 Å². The predicted molar refractivity (Wildman–Crippen MR) is 53.1 cm³/mol. The van der Waals surface area contributed by atoms with Gasteiger partial charge in [0.25, 0.3) is 0 Å². The molecule has 0 fully saturated rings. The van der Waals surface area contributed by atoms with Crippen molar-refractivity contribution in [3.8, 4) is 11.5 Å². The van der Waals surface area contributed by atoms with E-state index in [9.17, 15) is 4.79 Å². The molecule has 1 heterocycles. The first-order valence-corrected chi connectivity index (χ1v) is 4.49. The lowest BCUT2D eigenvalue weighted by Crippen LogP contribution is -2.33. The molecule has 0 aromatic heterocycles. The molecule has 2 rings (SSSR count). The number of carbonyl (C=O) groups is 1. The minimum Gasteiger partial charge on any atom is -0.485 e. The molecule has 0 amide bonds. The molecule has 1 atom stereocenters. The van der Waals surface area contributed by atoms with Gasteiger partial charge in [-0.05, 0) is 12.1 Å². The van der Waals surface area contributed by atoms with Crippen LogP contribution in [0, 0.1) is 0 Å². The number of carboxylic acids is 1. The maximum Gasteiger partial charge on any atom is 0.334 e. The molecule has 1 N–H and O–H groups in total. The van der Waals surface area contributed by atoms with E-state index in [-0.39, 0.29) is 12.2 Å². The molecule has 78 valence electrons. The van der Waals surface area contributed by atoms with Gasteiger partial charge in [-0.3, -0.25) is 0 Å². The molecule has 4 heteroatoms. The summed E-state index contributed by atoms with van der Waals surface area (Å²) in [6.07, 6.45) is -0.614. The van der Waals surface area contributed by atoms with E-state index >= 15 is 0 Å². The highest BCUT2D eigenvalue weighted by molar-refractivity contribution is 5.87. The Bertz CT molecular complexity index is 411. The fourth-order valence-electron chi connectivity index (χ4n) is 1.33. The summed E-state index contributed by atoms with van der Waals surface area (Å²) in [4.78, 5) is 10.7. The molecule has 1 aromatic carbocycles. The lowest BCUT2D eigenvalue weighted by atomic mass is 10.1. The maximum absolute atomic E-state index is 10.7. The minimum absolute atomic E-state index is 0.00417. The van der Waals surface area contributed by atoms with Gasteiger partial charge in [-0.15, -0.1) is 0 Å². The Morgan fingerprint density at radius 3 is 2.73 bits per heavy atom. The molecule has 0 spiro atoms. The normalized spacial score (nSPS) is 18.3. The third kappa shape index (κ3) is 1.79. The monoisotopic (exact) mass is 206 g/mol. The van der Waals surface area contributed by atoms with Crippen molar-refractivity contribution in [2.24, 2.45) is 0 Å². The minimum atomic E-state index is -1.07. The van der Waals surface area contributed by atoms with Gasteiger partial charge >= 0.3 is 5.97 Å². The van der Waals surface area contributed by atoms with Gasteiger partial charge in [0.1, 0.15) is 6.61 Å². The van der Waals surface area contributed by atoms with Crippen molar-refractivity contribution in [1.29, 1.82) is 0 Å². The summed E-state index contributed by atoms with van der Waals surface area (Å²) >= 11 is 0. The summed E-state index contributed by atoms with van der Waals surface area (Å²) in [5, 5.41) is 8.75. The Hall–Kier alpha value is -1.97. The number of ether oxygens (including phenoxy) is 2. The summed E-state index contributed by atoms with van der Waals surface area (Å²) in [5.74, 6) is 0.117. The molecule has 0 aliphatic carbocycles. The number of carboxylic acid groups (broad SMARTS) is 1. The number of benzene rings is 1. The fourth-order valence-corrected chi connectivity index (χ4v) is 1.33. The van der Waals surface area contributed by atoms with Crippen molar-refractivity contribution >= 4 is 5.97 Å². The van der Waals surface area contributed by atoms with Crippen LogP contribution in [-0.2, 0) is 4.79 Å². The lowest BCUT2D eigenvalue weighted by Gasteiger charge is -2.26. The first kappa shape index (κ1) is 9.58. The maximum atomic E-state index is 10.7. The number of para-hydroxylation sites is 2. The molecule has 4 nitrogen and oxygen atoms in total. The second-order valence-electron chi connectivity index (χ2n) is 3.19. The Balaban J connectivity index is 2.19. The second-order valence-corrected chi connectivity index (χ2v) is 3.19. The largest absolute Gasteiger partial charge is 0.485 e. The van der Waals surface area contributed by atoms with E-state index in [0.29, 0.717) is 11.5 Å². The van der Waals surface area contributed by atoms with E-state index < -0.39 is 12.1 Å². The van der Waals surface area contributed by atoms with E-state index in [1.54, 1.807) is 18.2 Å². The number of fused-ring (bicyclic) bond motifs is 1. The Morgan fingerprint density at radius 2 is 2.07 bits per heavy atom. The average Bonchev–Trinajstić information content (AvgIpc) is 2.27. The summed E-state index contributed by atoms with van der Waals surface area (Å²) in [6, 6.07) is 7.13. The fraction of sp³-hybridized carbons (Fsp3) is 0.182. The van der Waals surface area contributed by atoms with Gasteiger partial charge in [0.15, 0.2) is 17.6 Å². The zero-order valence-electron chi connectivity index (χ0n) is 7.97. The van der Waals surface area contributed by atoms with Crippen LogP contribution in [0.25, 0.3) is 0 Å². The Morgan fingerprint density at radius 1 is 1.40 bits per heavy atom. The molecule has 0 radical (unpaired) electrons. The van der Waals surface area contributed by atoms with Crippen molar-refractivity contribution in [2.75, 3.05) is 6.61 Å². The van der Waals surface area contributed by atoms with E-state index in [2.05, 4.69) is 6.58 Å². The van der Waals surface area contributed by atoms with Crippen molar-refractivity contribution in [2.45, 2.75) is 6.10 Å². The van der Waals surface area contributed by atoms with Crippen LogP contribution in [0.1, 0.15) is 0 Å². The summed E-state index contributed by atoms with van der Waals surface area (Å²) in [5.41, 5.74) is 0.00417. The number of rotatable bonds is 2. The number of hydrogen-bond donors (Lipinski definition) is 1. The van der Waals surface area contributed by atoms with Gasteiger partial charge in [0.05, 0.1) is 5.57 Å². The third-order valence-corrected chi connectivity index (χ3v) is 2.17. The van der Waals surface area contributed by atoms with Crippen LogP contribution in [0.2, 0.25) is 0 Å². The lowest BCUT2D eigenvalue weighted by molar-refractivity contribution is -0.133. The molecule has 1 aromatic rings. The highest BCUT2D eigenvalue weighted by atomic mass is 16.6. The molecule has 0 saturated carbocycles. The van der Waals surface area contributed by atoms with E-state index in [1.807, 2.05) is 6.07 Å². The molecule has 1 unspecified atom stereocenters. The van der Waals surface area contributed by atoms with Crippen LogP contribution in [0.15, 0.2) is 36.4 Å². The van der Waals surface area contributed by atoms with Crippen molar-refractivity contribution in [3.05, 3.63) is 36.4 Å². The predicted octanol–water partition coefficient (Wildman–Crippen LogP) is 1.47. The molecule has 1 aliphatic heterocycles. The van der Waals surface area contributed by atoms with E-state index in [4.69, 9.17) is 14.6 Å². The number of aliphatic carboxylic acids is 1. The second kappa shape index (κ2) is 3.65. The first-order chi connectivity index (χ1) is 7.18. The van der Waals surface area contributed by atoms with Gasteiger partial charge in [-0.25, -0.2) is 4.79 Å². The van der Waals surface area contributed by atoms with Crippen LogP contribution in [0.5, 0.6) is 11.5 Å². The molecular formula is C11H10O4. The topological polar surface area (TPSA) is 55.8 Å². The molecule has 0 saturated heterocycles. The molecule has 1 aliphatic rings. The van der Waals surface area contributed by atoms with Crippen LogP contribution in [0.3, 0.4) is 0 Å². The summed E-state index contributed by atoms with van der Waals surface area (Å²) in [6.45, 7) is 3.63. The van der Waals surface area contributed by atoms with Crippen LogP contribution in [0.4, 0.5) is 0 Å². The van der Waals surface area contributed by atoms with Gasteiger partial charge in [0.2, 0.25) is 0 Å². The Labute approximate surface area is 86.7 Å². The van der Waals surface area contributed by atoms with E-state index in [0.717, 1.165) is 0 Å². The van der Waals surface area contributed by atoms with Crippen LogP contribution in [-0.4, -0.2) is 23.8 Å². The average molecular weight is 206 g/mol. The van der Waals surface area contributed by atoms with Gasteiger partial charge in [-0.2, -0.15) is 0 Å². The zero-order chi connectivity index (χ0) is 10.8.